The minimum absolute atomic E-state index is 0.0873. The van der Waals surface area contributed by atoms with Gasteiger partial charge in [0.2, 0.25) is 0 Å². The Morgan fingerprint density at radius 3 is 2.47 bits per heavy atom. The first-order valence-electron chi connectivity index (χ1n) is 5.54. The number of carbonyl (C=O) groups excluding carboxylic acids is 1. The third-order valence-electron chi connectivity index (χ3n) is 3.18. The van der Waals surface area contributed by atoms with Crippen molar-refractivity contribution in [1.29, 1.82) is 0 Å². The Morgan fingerprint density at radius 1 is 1.33 bits per heavy atom. The van der Waals surface area contributed by atoms with Gasteiger partial charge in [-0.15, -0.1) is 0 Å². The summed E-state index contributed by atoms with van der Waals surface area (Å²) in [6.45, 7) is 1.98. The molecular weight excluding hydrogens is 186 g/mol. The molecule has 2 heteroatoms. The van der Waals surface area contributed by atoms with E-state index < -0.39 is 0 Å². The maximum absolute atomic E-state index is 11.2. The third kappa shape index (κ3) is 2.26. The van der Waals surface area contributed by atoms with Crippen LogP contribution < -0.4 is 5.73 Å². The second-order valence-electron chi connectivity index (χ2n) is 4.43. The van der Waals surface area contributed by atoms with Crippen LogP contribution in [0.15, 0.2) is 24.3 Å². The molecule has 2 N–H and O–H groups in total. The van der Waals surface area contributed by atoms with E-state index in [9.17, 15) is 4.79 Å². The molecule has 0 aliphatic heterocycles. The number of carbonyl (C=O) groups is 1. The Balaban J connectivity index is 2.13. The molecule has 0 spiro atoms. The lowest BCUT2D eigenvalue weighted by Crippen LogP contribution is -2.05. The molecule has 0 amide bonds. The zero-order valence-corrected chi connectivity index (χ0v) is 9.07. The highest BCUT2D eigenvalue weighted by Gasteiger charge is 2.23. The quantitative estimate of drug-likeness (QED) is 0.802. The molecule has 0 bridgehead atoms. The summed E-state index contributed by atoms with van der Waals surface area (Å²) in [6, 6.07) is 8.46. The van der Waals surface area contributed by atoms with E-state index in [1.54, 1.807) is 0 Å². The summed E-state index contributed by atoms with van der Waals surface area (Å²) in [6.07, 6.45) is 2.48. The second-order valence-corrected chi connectivity index (χ2v) is 4.43. The molecule has 2 rings (SSSR count). The number of rotatable bonds is 2. The second kappa shape index (κ2) is 4.15. The van der Waals surface area contributed by atoms with E-state index in [2.05, 4.69) is 24.3 Å². The van der Waals surface area contributed by atoms with Gasteiger partial charge < -0.3 is 5.73 Å². The number of ketones is 1. The Kier molecular flexibility index (Phi) is 2.87. The van der Waals surface area contributed by atoms with Gasteiger partial charge in [0, 0.05) is 18.9 Å². The maximum Gasteiger partial charge on any atom is 0.133 e. The molecule has 0 heterocycles. The molecular formula is C13H17NO. The van der Waals surface area contributed by atoms with Crippen LogP contribution in [0.25, 0.3) is 0 Å². The van der Waals surface area contributed by atoms with E-state index >= 15 is 0 Å². The average Bonchev–Trinajstić information content (AvgIpc) is 2.65. The summed E-state index contributed by atoms with van der Waals surface area (Å²) in [7, 11) is 0. The number of benzene rings is 1. The van der Waals surface area contributed by atoms with Crippen LogP contribution in [0.5, 0.6) is 0 Å². The van der Waals surface area contributed by atoms with Crippen molar-refractivity contribution in [2.75, 3.05) is 0 Å². The van der Waals surface area contributed by atoms with Crippen molar-refractivity contribution in [3.63, 3.8) is 0 Å². The van der Waals surface area contributed by atoms with Crippen molar-refractivity contribution in [2.45, 2.75) is 38.1 Å². The molecule has 1 saturated carbocycles. The Labute approximate surface area is 90.5 Å². The fourth-order valence-corrected chi connectivity index (χ4v) is 2.17. The van der Waals surface area contributed by atoms with Gasteiger partial charge in [-0.05, 0) is 30.4 Å². The van der Waals surface area contributed by atoms with Crippen LogP contribution in [0.4, 0.5) is 0 Å². The molecule has 0 radical (unpaired) electrons. The van der Waals surface area contributed by atoms with E-state index in [0.717, 1.165) is 24.8 Å². The third-order valence-corrected chi connectivity index (χ3v) is 3.18. The minimum atomic E-state index is 0.0873. The highest BCUT2D eigenvalue weighted by Crippen LogP contribution is 2.32. The molecule has 1 aliphatic carbocycles. The SMILES string of the molecule is CC(N)c1ccc(C2CCC(=O)C2)cc1. The topological polar surface area (TPSA) is 43.1 Å². The van der Waals surface area contributed by atoms with Gasteiger partial charge in [0.05, 0.1) is 0 Å². The Hall–Kier alpha value is -1.15. The summed E-state index contributed by atoms with van der Waals surface area (Å²) in [5, 5.41) is 0. The van der Waals surface area contributed by atoms with Crippen LogP contribution in [0.2, 0.25) is 0 Å². The monoisotopic (exact) mass is 203 g/mol. The number of nitrogens with two attached hydrogens (primary N) is 1. The van der Waals surface area contributed by atoms with Crippen LogP contribution in [0, 0.1) is 0 Å². The predicted molar refractivity (Wildman–Crippen MR) is 60.6 cm³/mol. The zero-order valence-electron chi connectivity index (χ0n) is 9.07. The summed E-state index contributed by atoms with van der Waals surface area (Å²) in [5.74, 6) is 0.843. The fraction of sp³-hybridized carbons (Fsp3) is 0.462. The molecule has 1 fully saturated rings. The summed E-state index contributed by atoms with van der Waals surface area (Å²) >= 11 is 0. The molecule has 0 saturated heterocycles. The molecule has 2 nitrogen and oxygen atoms in total. The van der Waals surface area contributed by atoms with Crippen LogP contribution in [-0.2, 0) is 4.79 Å². The van der Waals surface area contributed by atoms with Gasteiger partial charge in [-0.25, -0.2) is 0 Å². The highest BCUT2D eigenvalue weighted by molar-refractivity contribution is 5.81. The van der Waals surface area contributed by atoms with Crippen molar-refractivity contribution in [3.8, 4) is 0 Å². The molecule has 15 heavy (non-hydrogen) atoms. The number of hydrogen-bond acceptors (Lipinski definition) is 2. The van der Waals surface area contributed by atoms with E-state index in [1.807, 2.05) is 6.92 Å². The van der Waals surface area contributed by atoms with Gasteiger partial charge in [-0.3, -0.25) is 4.79 Å². The smallest absolute Gasteiger partial charge is 0.133 e. The predicted octanol–water partition coefficient (Wildman–Crippen LogP) is 2.54. The molecule has 1 aromatic rings. The van der Waals surface area contributed by atoms with Gasteiger partial charge in [0.25, 0.3) is 0 Å². The Bertz CT molecular complexity index is 353. The number of hydrogen-bond donors (Lipinski definition) is 1. The van der Waals surface area contributed by atoms with Gasteiger partial charge >= 0.3 is 0 Å². The molecule has 0 aromatic heterocycles. The minimum Gasteiger partial charge on any atom is -0.324 e. The average molecular weight is 203 g/mol. The molecule has 1 aliphatic rings. The van der Waals surface area contributed by atoms with E-state index in [0.29, 0.717) is 11.7 Å². The summed E-state index contributed by atoms with van der Waals surface area (Å²) < 4.78 is 0. The van der Waals surface area contributed by atoms with Crippen LogP contribution in [0.1, 0.15) is 49.3 Å². The Morgan fingerprint density at radius 2 is 2.00 bits per heavy atom. The van der Waals surface area contributed by atoms with E-state index in [4.69, 9.17) is 5.73 Å². The first-order valence-corrected chi connectivity index (χ1v) is 5.54. The van der Waals surface area contributed by atoms with Crippen LogP contribution in [-0.4, -0.2) is 5.78 Å². The largest absolute Gasteiger partial charge is 0.324 e. The van der Waals surface area contributed by atoms with Gasteiger partial charge in [-0.1, -0.05) is 24.3 Å². The normalized spacial score (nSPS) is 23.1. The van der Waals surface area contributed by atoms with Crippen LogP contribution >= 0.6 is 0 Å². The van der Waals surface area contributed by atoms with Crippen molar-refractivity contribution >= 4 is 5.78 Å². The summed E-state index contributed by atoms with van der Waals surface area (Å²) in [5.41, 5.74) is 8.22. The van der Waals surface area contributed by atoms with Crippen molar-refractivity contribution in [1.82, 2.24) is 0 Å². The van der Waals surface area contributed by atoms with Gasteiger partial charge in [0.15, 0.2) is 0 Å². The van der Waals surface area contributed by atoms with Crippen molar-refractivity contribution in [2.24, 2.45) is 5.73 Å². The first-order chi connectivity index (χ1) is 7.16. The van der Waals surface area contributed by atoms with Crippen molar-refractivity contribution < 1.29 is 4.79 Å². The molecule has 2 unspecified atom stereocenters. The maximum atomic E-state index is 11.2. The lowest BCUT2D eigenvalue weighted by atomic mass is 9.95. The van der Waals surface area contributed by atoms with E-state index in [1.165, 1.54) is 5.56 Å². The van der Waals surface area contributed by atoms with Crippen molar-refractivity contribution in [3.05, 3.63) is 35.4 Å². The first kappa shape index (κ1) is 10.4. The van der Waals surface area contributed by atoms with Gasteiger partial charge in [0.1, 0.15) is 5.78 Å². The highest BCUT2D eigenvalue weighted by atomic mass is 16.1. The molecule has 80 valence electrons. The van der Waals surface area contributed by atoms with Gasteiger partial charge in [-0.2, -0.15) is 0 Å². The lowest BCUT2D eigenvalue weighted by molar-refractivity contribution is -0.117. The molecule has 2 atom stereocenters. The zero-order chi connectivity index (χ0) is 10.8. The summed E-state index contributed by atoms with van der Waals surface area (Å²) in [4.78, 5) is 11.2. The standard InChI is InChI=1S/C13H17NO/c1-9(14)10-2-4-11(5-3-10)12-6-7-13(15)8-12/h2-5,9,12H,6-8,14H2,1H3. The van der Waals surface area contributed by atoms with E-state index in [-0.39, 0.29) is 6.04 Å². The van der Waals surface area contributed by atoms with Crippen LogP contribution in [0.3, 0.4) is 0 Å². The lowest BCUT2D eigenvalue weighted by Gasteiger charge is -2.11. The fourth-order valence-electron chi connectivity index (χ4n) is 2.17. The number of Topliss-reactive ketones (excluding diaryl/α,β-unsaturated/α-hetero) is 1. The molecule has 1 aromatic carbocycles.